The molecule has 0 unspecified atom stereocenters. The Morgan fingerprint density at radius 3 is 2.75 bits per heavy atom. The van der Waals surface area contributed by atoms with Gasteiger partial charge in [-0.3, -0.25) is 9.59 Å². The molecule has 0 saturated heterocycles. The van der Waals surface area contributed by atoms with E-state index in [0.29, 0.717) is 0 Å². The molecule has 7 heteroatoms. The van der Waals surface area contributed by atoms with E-state index in [0.717, 1.165) is 15.6 Å². The molecule has 1 aromatic heterocycles. The molecule has 1 aromatic carbocycles. The zero-order valence-electron chi connectivity index (χ0n) is 10.4. The summed E-state index contributed by atoms with van der Waals surface area (Å²) in [7, 11) is 0. The van der Waals surface area contributed by atoms with Gasteiger partial charge in [0.1, 0.15) is 0 Å². The number of rotatable bonds is 6. The van der Waals surface area contributed by atoms with Crippen LogP contribution in [0.4, 0.5) is 0 Å². The molecule has 0 spiro atoms. The van der Waals surface area contributed by atoms with Crippen molar-refractivity contribution in [1.29, 1.82) is 0 Å². The Balaban J connectivity index is 1.87. The molecule has 1 heterocycles. The van der Waals surface area contributed by atoms with E-state index in [9.17, 15) is 9.59 Å². The van der Waals surface area contributed by atoms with Gasteiger partial charge in [-0.05, 0) is 0 Å². The number of thiazole rings is 1. The predicted octanol–water partition coefficient (Wildman–Crippen LogP) is 1.93. The molecule has 0 bridgehead atoms. The topological polar surface area (TPSA) is 82.3 Å². The van der Waals surface area contributed by atoms with Crippen LogP contribution in [-0.2, 0) is 14.3 Å². The van der Waals surface area contributed by atoms with Crippen LogP contribution in [0.15, 0.2) is 40.1 Å². The fraction of sp³-hybridized carbons (Fsp3) is 0.154. The molecule has 0 atom stereocenters. The molecule has 5 nitrogen and oxygen atoms in total. The van der Waals surface area contributed by atoms with E-state index in [2.05, 4.69) is 9.72 Å². The van der Waals surface area contributed by atoms with Crippen LogP contribution in [0.25, 0.3) is 11.3 Å². The number of carbonyl (C=O) groups excluding carboxylic acids is 2. The quantitative estimate of drug-likeness (QED) is 0.651. The van der Waals surface area contributed by atoms with Gasteiger partial charge < -0.3 is 10.5 Å². The van der Waals surface area contributed by atoms with Crippen molar-refractivity contribution in [2.75, 3.05) is 12.4 Å². The molecule has 0 aliphatic heterocycles. The monoisotopic (exact) mass is 308 g/mol. The number of primary amides is 1. The number of benzene rings is 1. The largest absolute Gasteiger partial charge is 0.455 e. The molecular formula is C13H12N2O3S2. The lowest BCUT2D eigenvalue weighted by atomic mass is 10.2. The molecular weight excluding hydrogens is 296 g/mol. The number of hydrogen-bond acceptors (Lipinski definition) is 6. The van der Waals surface area contributed by atoms with Crippen LogP contribution in [0.2, 0.25) is 0 Å². The second-order valence-electron chi connectivity index (χ2n) is 3.78. The average molecular weight is 308 g/mol. The van der Waals surface area contributed by atoms with Crippen molar-refractivity contribution in [2.45, 2.75) is 4.34 Å². The molecule has 104 valence electrons. The number of amides is 1. The van der Waals surface area contributed by atoms with Crippen LogP contribution in [0.1, 0.15) is 0 Å². The first kappa shape index (κ1) is 14.5. The molecule has 2 aromatic rings. The Labute approximate surface area is 124 Å². The van der Waals surface area contributed by atoms with Crippen molar-refractivity contribution in [3.8, 4) is 11.3 Å². The Kier molecular flexibility index (Phi) is 5.14. The molecule has 0 aliphatic rings. The summed E-state index contributed by atoms with van der Waals surface area (Å²) in [6.45, 7) is -0.382. The van der Waals surface area contributed by atoms with Gasteiger partial charge in [0.05, 0.1) is 11.4 Å². The number of nitrogens with zero attached hydrogens (tertiary/aromatic N) is 1. The van der Waals surface area contributed by atoms with Gasteiger partial charge in [-0.2, -0.15) is 0 Å². The maximum atomic E-state index is 11.3. The maximum Gasteiger partial charge on any atom is 0.316 e. The standard InChI is InChI=1S/C13H12N2O3S2/c14-11(16)6-18-12(17)8-20-13-15-10(7-19-13)9-4-2-1-3-5-9/h1-5,7H,6,8H2,(H2,14,16). The number of thioether (sulfide) groups is 1. The van der Waals surface area contributed by atoms with E-state index in [1.807, 2.05) is 35.7 Å². The van der Waals surface area contributed by atoms with Crippen LogP contribution >= 0.6 is 23.1 Å². The van der Waals surface area contributed by atoms with E-state index in [4.69, 9.17) is 5.73 Å². The number of nitrogens with two attached hydrogens (primary N) is 1. The molecule has 1 amide bonds. The maximum absolute atomic E-state index is 11.3. The molecule has 0 fully saturated rings. The second kappa shape index (κ2) is 7.06. The van der Waals surface area contributed by atoms with E-state index in [1.165, 1.54) is 23.1 Å². The molecule has 20 heavy (non-hydrogen) atoms. The van der Waals surface area contributed by atoms with Crippen LogP contribution in [-0.4, -0.2) is 29.2 Å². The second-order valence-corrected chi connectivity index (χ2v) is 5.86. The average Bonchev–Trinajstić information content (AvgIpc) is 2.93. The summed E-state index contributed by atoms with van der Waals surface area (Å²) in [4.78, 5) is 26.2. The van der Waals surface area contributed by atoms with Crippen LogP contribution in [0, 0.1) is 0 Å². The molecule has 0 radical (unpaired) electrons. The van der Waals surface area contributed by atoms with Gasteiger partial charge in [0.2, 0.25) is 0 Å². The van der Waals surface area contributed by atoms with E-state index in [-0.39, 0.29) is 12.4 Å². The van der Waals surface area contributed by atoms with Crippen molar-refractivity contribution >= 4 is 35.0 Å². The molecule has 0 aliphatic carbocycles. The van der Waals surface area contributed by atoms with E-state index in [1.54, 1.807) is 0 Å². The fourth-order valence-electron chi connectivity index (χ4n) is 1.38. The number of esters is 1. The highest BCUT2D eigenvalue weighted by Crippen LogP contribution is 2.28. The third-order valence-electron chi connectivity index (χ3n) is 2.24. The zero-order valence-corrected chi connectivity index (χ0v) is 12.1. The van der Waals surface area contributed by atoms with Gasteiger partial charge in [0, 0.05) is 10.9 Å². The lowest BCUT2D eigenvalue weighted by Crippen LogP contribution is -2.21. The van der Waals surface area contributed by atoms with Crippen molar-refractivity contribution < 1.29 is 14.3 Å². The molecule has 2 rings (SSSR count). The van der Waals surface area contributed by atoms with Crippen LogP contribution in [0.5, 0.6) is 0 Å². The highest BCUT2D eigenvalue weighted by molar-refractivity contribution is 8.01. The summed E-state index contributed by atoms with van der Waals surface area (Å²) < 4.78 is 5.44. The van der Waals surface area contributed by atoms with Crippen LogP contribution < -0.4 is 5.73 Å². The van der Waals surface area contributed by atoms with Gasteiger partial charge in [0.15, 0.2) is 10.9 Å². The number of ether oxygens (including phenoxy) is 1. The lowest BCUT2D eigenvalue weighted by Gasteiger charge is -2.00. The first-order valence-corrected chi connectivity index (χ1v) is 7.59. The highest BCUT2D eigenvalue weighted by atomic mass is 32.2. The summed E-state index contributed by atoms with van der Waals surface area (Å²) in [5, 5.41) is 1.94. The minimum absolute atomic E-state index is 0.106. The predicted molar refractivity (Wildman–Crippen MR) is 78.4 cm³/mol. The fourth-order valence-corrected chi connectivity index (χ4v) is 3.01. The molecule has 0 saturated carbocycles. The summed E-state index contributed by atoms with van der Waals surface area (Å²) in [6, 6.07) is 9.79. The van der Waals surface area contributed by atoms with Gasteiger partial charge in [-0.1, -0.05) is 42.1 Å². The number of hydrogen-bond donors (Lipinski definition) is 1. The first-order chi connectivity index (χ1) is 9.65. The summed E-state index contributed by atoms with van der Waals surface area (Å²) in [6.07, 6.45) is 0. The SMILES string of the molecule is NC(=O)COC(=O)CSc1nc(-c2ccccc2)cs1. The number of carbonyl (C=O) groups is 2. The van der Waals surface area contributed by atoms with E-state index >= 15 is 0 Å². The van der Waals surface area contributed by atoms with Gasteiger partial charge >= 0.3 is 5.97 Å². The van der Waals surface area contributed by atoms with Gasteiger partial charge in [-0.15, -0.1) is 11.3 Å². The van der Waals surface area contributed by atoms with Crippen molar-refractivity contribution in [3.05, 3.63) is 35.7 Å². The summed E-state index contributed by atoms with van der Waals surface area (Å²) in [5.74, 6) is -1.04. The van der Waals surface area contributed by atoms with Gasteiger partial charge in [0.25, 0.3) is 5.91 Å². The van der Waals surface area contributed by atoms with Crippen molar-refractivity contribution in [1.82, 2.24) is 4.98 Å². The third-order valence-corrected chi connectivity index (χ3v) is 4.24. The summed E-state index contributed by atoms with van der Waals surface area (Å²) in [5.41, 5.74) is 6.80. The highest BCUT2D eigenvalue weighted by Gasteiger charge is 2.09. The van der Waals surface area contributed by atoms with E-state index < -0.39 is 11.9 Å². The third kappa shape index (κ3) is 4.36. The smallest absolute Gasteiger partial charge is 0.316 e. The Morgan fingerprint density at radius 2 is 2.05 bits per heavy atom. The Bertz CT molecular complexity index is 599. The minimum Gasteiger partial charge on any atom is -0.455 e. The van der Waals surface area contributed by atoms with Crippen molar-refractivity contribution in [3.63, 3.8) is 0 Å². The van der Waals surface area contributed by atoms with Crippen LogP contribution in [0.3, 0.4) is 0 Å². The number of aromatic nitrogens is 1. The minimum atomic E-state index is -0.663. The molecule has 2 N–H and O–H groups in total. The normalized spacial score (nSPS) is 10.2. The lowest BCUT2D eigenvalue weighted by molar-refractivity contribution is -0.145. The van der Waals surface area contributed by atoms with Gasteiger partial charge in [-0.25, -0.2) is 4.98 Å². The Hall–Kier alpha value is -1.86. The zero-order chi connectivity index (χ0) is 14.4. The summed E-state index contributed by atoms with van der Waals surface area (Å²) >= 11 is 2.74. The Morgan fingerprint density at radius 1 is 1.30 bits per heavy atom. The first-order valence-electron chi connectivity index (χ1n) is 5.73. The van der Waals surface area contributed by atoms with Crippen molar-refractivity contribution in [2.24, 2.45) is 5.73 Å².